The number of rotatable bonds is 3. The molecule has 4 aromatic rings. The molecular weight excluding hydrogens is 386 g/mol. The topological polar surface area (TPSA) is 12.0 Å². The minimum Gasteiger partial charge on any atom is -0.355 e. The molecular formula is C31H27N. The maximum Gasteiger partial charge on any atom is 0.0500 e. The van der Waals surface area contributed by atoms with E-state index in [1.807, 2.05) is 0 Å². The van der Waals surface area contributed by atoms with Crippen molar-refractivity contribution in [2.75, 3.05) is 5.32 Å². The minimum atomic E-state index is 0.863. The third kappa shape index (κ3) is 4.09. The maximum atomic E-state index is 4.46. The van der Waals surface area contributed by atoms with Gasteiger partial charge < -0.3 is 5.32 Å². The first-order valence-corrected chi connectivity index (χ1v) is 10.8. The quantitative estimate of drug-likeness (QED) is 0.339. The Labute approximate surface area is 191 Å². The molecule has 0 bridgehead atoms. The van der Waals surface area contributed by atoms with Crippen molar-refractivity contribution in [3.05, 3.63) is 131 Å². The Kier molecular flexibility index (Phi) is 5.97. The minimum absolute atomic E-state index is 0.863. The predicted octanol–water partition coefficient (Wildman–Crippen LogP) is 7.69. The Balaban J connectivity index is 0.00000119. The lowest BCUT2D eigenvalue weighted by Gasteiger charge is -2.27. The Morgan fingerprint density at radius 3 is 2.19 bits per heavy atom. The van der Waals surface area contributed by atoms with Crippen molar-refractivity contribution in [3.8, 4) is 12.8 Å². The van der Waals surface area contributed by atoms with Crippen LogP contribution in [0.3, 0.4) is 0 Å². The third-order valence-corrected chi connectivity index (χ3v) is 5.90. The molecule has 0 spiro atoms. The van der Waals surface area contributed by atoms with Crippen molar-refractivity contribution in [2.24, 2.45) is 0 Å². The summed E-state index contributed by atoms with van der Waals surface area (Å²) >= 11 is 0. The molecule has 0 saturated carbocycles. The standard InChI is InChI=1S/C29H25N.C2H2/c1-19-8-11-23(12-9-19)28-27-15-10-20(2)16-25(27)17-21(3)29(28)30-26-14-13-22-6-4-5-7-24(22)18-26;1-2/h4-16,18,30H,3,17H2,1-2H3;1-2H. The van der Waals surface area contributed by atoms with Crippen molar-refractivity contribution >= 4 is 22.0 Å². The molecule has 0 aromatic heterocycles. The molecule has 0 fully saturated rings. The number of hydrogen-bond donors (Lipinski definition) is 1. The van der Waals surface area contributed by atoms with E-state index in [1.54, 1.807) is 0 Å². The van der Waals surface area contributed by atoms with Crippen molar-refractivity contribution in [1.82, 2.24) is 0 Å². The zero-order chi connectivity index (χ0) is 22.7. The molecule has 1 aliphatic rings. The van der Waals surface area contributed by atoms with Crippen LogP contribution >= 0.6 is 0 Å². The lowest BCUT2D eigenvalue weighted by atomic mass is 9.82. The summed E-state index contributed by atoms with van der Waals surface area (Å²) in [7, 11) is 0. The van der Waals surface area contributed by atoms with Crippen LogP contribution in [0, 0.1) is 26.7 Å². The van der Waals surface area contributed by atoms with Gasteiger partial charge in [0.05, 0.1) is 0 Å². The number of fused-ring (bicyclic) bond motifs is 2. The number of aryl methyl sites for hydroxylation is 2. The van der Waals surface area contributed by atoms with Crippen LogP contribution in [0.2, 0.25) is 0 Å². The van der Waals surface area contributed by atoms with E-state index in [0.717, 1.165) is 23.4 Å². The molecule has 156 valence electrons. The second kappa shape index (κ2) is 9.00. The van der Waals surface area contributed by atoms with Gasteiger partial charge in [-0.25, -0.2) is 0 Å². The summed E-state index contributed by atoms with van der Waals surface area (Å²) in [6, 6.07) is 30.6. The number of hydrogen-bond acceptors (Lipinski definition) is 1. The molecule has 1 N–H and O–H groups in total. The van der Waals surface area contributed by atoms with Gasteiger partial charge >= 0.3 is 0 Å². The zero-order valence-corrected chi connectivity index (χ0v) is 18.7. The highest BCUT2D eigenvalue weighted by atomic mass is 14.9. The molecule has 0 heterocycles. The van der Waals surface area contributed by atoms with Gasteiger partial charge in [0.25, 0.3) is 0 Å². The summed E-state index contributed by atoms with van der Waals surface area (Å²) in [6.07, 6.45) is 8.86. The van der Waals surface area contributed by atoms with E-state index in [9.17, 15) is 0 Å². The Hall–Kier alpha value is -4.02. The molecule has 0 unspecified atom stereocenters. The van der Waals surface area contributed by atoms with Crippen molar-refractivity contribution in [1.29, 1.82) is 0 Å². The van der Waals surface area contributed by atoms with Gasteiger partial charge in [0.2, 0.25) is 0 Å². The van der Waals surface area contributed by atoms with Crippen LogP contribution in [-0.4, -0.2) is 0 Å². The van der Waals surface area contributed by atoms with Gasteiger partial charge in [-0.1, -0.05) is 90.5 Å². The molecule has 0 radical (unpaired) electrons. The van der Waals surface area contributed by atoms with Gasteiger partial charge in [-0.05, 0) is 65.4 Å². The van der Waals surface area contributed by atoms with Gasteiger partial charge in [-0.15, -0.1) is 12.8 Å². The molecule has 0 aliphatic heterocycles. The summed E-state index contributed by atoms with van der Waals surface area (Å²) in [4.78, 5) is 0. The van der Waals surface area contributed by atoms with E-state index in [1.165, 1.54) is 44.2 Å². The van der Waals surface area contributed by atoms with Crippen LogP contribution in [0.4, 0.5) is 5.69 Å². The van der Waals surface area contributed by atoms with Gasteiger partial charge in [0.15, 0.2) is 0 Å². The summed E-state index contributed by atoms with van der Waals surface area (Å²) in [6.45, 7) is 8.74. The van der Waals surface area contributed by atoms with Crippen LogP contribution in [0.5, 0.6) is 0 Å². The maximum absolute atomic E-state index is 4.46. The zero-order valence-electron chi connectivity index (χ0n) is 18.7. The van der Waals surface area contributed by atoms with Gasteiger partial charge in [-0.3, -0.25) is 0 Å². The molecule has 0 saturated heterocycles. The van der Waals surface area contributed by atoms with Gasteiger partial charge in [0, 0.05) is 17.0 Å². The SMILES string of the molecule is C#C.C=C1Cc2cc(C)ccc2C(c2ccc(C)cc2)=C1Nc1ccc2ccccc2c1. The Morgan fingerprint density at radius 2 is 1.44 bits per heavy atom. The molecule has 1 heteroatoms. The molecule has 0 atom stereocenters. The molecule has 32 heavy (non-hydrogen) atoms. The average Bonchev–Trinajstić information content (AvgIpc) is 2.81. The highest BCUT2D eigenvalue weighted by molar-refractivity contribution is 5.91. The number of anilines is 1. The first-order valence-electron chi connectivity index (χ1n) is 10.8. The third-order valence-electron chi connectivity index (χ3n) is 5.90. The van der Waals surface area contributed by atoms with Crippen LogP contribution < -0.4 is 5.32 Å². The molecule has 1 nitrogen and oxygen atoms in total. The fourth-order valence-corrected chi connectivity index (χ4v) is 4.32. The Bertz CT molecular complexity index is 1350. The largest absolute Gasteiger partial charge is 0.355 e. The van der Waals surface area contributed by atoms with Crippen molar-refractivity contribution in [3.63, 3.8) is 0 Å². The molecule has 5 rings (SSSR count). The van der Waals surface area contributed by atoms with E-state index in [-0.39, 0.29) is 0 Å². The molecule has 1 aliphatic carbocycles. The fraction of sp³-hybridized carbons (Fsp3) is 0.0968. The van der Waals surface area contributed by atoms with E-state index >= 15 is 0 Å². The van der Waals surface area contributed by atoms with E-state index in [0.29, 0.717) is 0 Å². The first kappa shape index (κ1) is 21.2. The van der Waals surface area contributed by atoms with E-state index in [2.05, 4.69) is 124 Å². The number of allylic oxidation sites excluding steroid dienone is 1. The second-order valence-electron chi connectivity index (χ2n) is 8.24. The highest BCUT2D eigenvalue weighted by Crippen LogP contribution is 2.39. The monoisotopic (exact) mass is 413 g/mol. The summed E-state index contributed by atoms with van der Waals surface area (Å²) in [5.41, 5.74) is 11.0. The van der Waals surface area contributed by atoms with Crippen LogP contribution in [0.15, 0.2) is 103 Å². The van der Waals surface area contributed by atoms with Crippen LogP contribution in [-0.2, 0) is 6.42 Å². The lowest BCUT2D eigenvalue weighted by molar-refractivity contribution is 1.11. The van der Waals surface area contributed by atoms with Crippen LogP contribution in [0.1, 0.15) is 27.8 Å². The van der Waals surface area contributed by atoms with Gasteiger partial charge in [0.1, 0.15) is 0 Å². The summed E-state index contributed by atoms with van der Waals surface area (Å²) < 4.78 is 0. The summed E-state index contributed by atoms with van der Waals surface area (Å²) in [5, 5.41) is 6.20. The van der Waals surface area contributed by atoms with Crippen molar-refractivity contribution < 1.29 is 0 Å². The lowest BCUT2D eigenvalue weighted by Crippen LogP contribution is -2.14. The van der Waals surface area contributed by atoms with Gasteiger partial charge in [-0.2, -0.15) is 0 Å². The van der Waals surface area contributed by atoms with E-state index in [4.69, 9.17) is 0 Å². The van der Waals surface area contributed by atoms with Crippen molar-refractivity contribution in [2.45, 2.75) is 20.3 Å². The highest BCUT2D eigenvalue weighted by Gasteiger charge is 2.23. The second-order valence-corrected chi connectivity index (χ2v) is 8.24. The molecule has 0 amide bonds. The molecule has 4 aromatic carbocycles. The number of terminal acetylenes is 1. The van der Waals surface area contributed by atoms with E-state index < -0.39 is 0 Å². The number of nitrogens with one attached hydrogen (secondary N) is 1. The summed E-state index contributed by atoms with van der Waals surface area (Å²) in [5.74, 6) is 0. The fourth-order valence-electron chi connectivity index (χ4n) is 4.32. The number of benzene rings is 4. The smallest absolute Gasteiger partial charge is 0.0500 e. The normalized spacial score (nSPS) is 12.7. The Morgan fingerprint density at radius 1 is 0.750 bits per heavy atom. The predicted molar refractivity (Wildman–Crippen MR) is 139 cm³/mol. The average molecular weight is 414 g/mol. The van der Waals surface area contributed by atoms with Crippen LogP contribution in [0.25, 0.3) is 16.3 Å². The first-order chi connectivity index (χ1) is 15.6.